The number of hydrogen-bond acceptors (Lipinski definition) is 3. The quantitative estimate of drug-likeness (QED) is 0.700. The van der Waals surface area contributed by atoms with Crippen molar-refractivity contribution in [2.24, 2.45) is 11.8 Å². The zero-order chi connectivity index (χ0) is 11.4. The zero-order valence-electron chi connectivity index (χ0n) is 9.91. The van der Waals surface area contributed by atoms with E-state index in [0.29, 0.717) is 11.6 Å². The van der Waals surface area contributed by atoms with Crippen LogP contribution in [0.1, 0.15) is 50.4 Å². The highest BCUT2D eigenvalue weighted by Gasteiger charge is 2.17. The minimum atomic E-state index is 0.0296. The predicted molar refractivity (Wildman–Crippen MR) is 58.8 cm³/mol. The van der Waals surface area contributed by atoms with Crippen LogP contribution in [0.15, 0.2) is 10.6 Å². The summed E-state index contributed by atoms with van der Waals surface area (Å²) in [6, 6.07) is 1.77. The summed E-state index contributed by atoms with van der Waals surface area (Å²) in [4.78, 5) is 11.8. The van der Waals surface area contributed by atoms with Crippen LogP contribution in [0, 0.1) is 11.8 Å². The van der Waals surface area contributed by atoms with Crippen LogP contribution in [-0.2, 0) is 6.42 Å². The van der Waals surface area contributed by atoms with Gasteiger partial charge in [0.1, 0.15) is 11.5 Å². The van der Waals surface area contributed by atoms with E-state index in [-0.39, 0.29) is 11.7 Å². The van der Waals surface area contributed by atoms with E-state index >= 15 is 0 Å². The van der Waals surface area contributed by atoms with Crippen LogP contribution in [-0.4, -0.2) is 10.9 Å². The summed E-state index contributed by atoms with van der Waals surface area (Å²) in [5.41, 5.74) is 0.472. The lowest BCUT2D eigenvalue weighted by Gasteiger charge is -2.02. The van der Waals surface area contributed by atoms with Crippen LogP contribution in [0.4, 0.5) is 0 Å². The fourth-order valence-corrected chi connectivity index (χ4v) is 1.37. The molecule has 0 aliphatic carbocycles. The van der Waals surface area contributed by atoms with E-state index in [9.17, 15) is 4.79 Å². The molecule has 0 fully saturated rings. The van der Waals surface area contributed by atoms with Crippen LogP contribution in [0.25, 0.3) is 0 Å². The first-order chi connectivity index (χ1) is 7.04. The van der Waals surface area contributed by atoms with Gasteiger partial charge in [0, 0.05) is 18.4 Å². The summed E-state index contributed by atoms with van der Waals surface area (Å²) >= 11 is 0. The van der Waals surface area contributed by atoms with Gasteiger partial charge < -0.3 is 4.52 Å². The van der Waals surface area contributed by atoms with Crippen LogP contribution >= 0.6 is 0 Å². The van der Waals surface area contributed by atoms with Gasteiger partial charge in [0.15, 0.2) is 5.78 Å². The zero-order valence-corrected chi connectivity index (χ0v) is 9.91. The Balaban J connectivity index is 2.71. The van der Waals surface area contributed by atoms with Crippen LogP contribution in [0.2, 0.25) is 0 Å². The van der Waals surface area contributed by atoms with Gasteiger partial charge in [-0.3, -0.25) is 4.79 Å². The third-order valence-corrected chi connectivity index (χ3v) is 2.48. The van der Waals surface area contributed by atoms with Gasteiger partial charge >= 0.3 is 0 Å². The minimum absolute atomic E-state index is 0.0296. The van der Waals surface area contributed by atoms with Gasteiger partial charge in [-0.15, -0.1) is 0 Å². The molecule has 3 heteroatoms. The molecule has 0 N–H and O–H groups in total. The summed E-state index contributed by atoms with van der Waals surface area (Å²) < 4.78 is 5.12. The Hall–Kier alpha value is -1.12. The maximum Gasteiger partial charge on any atom is 0.187 e. The fourth-order valence-electron chi connectivity index (χ4n) is 1.37. The third-order valence-electron chi connectivity index (χ3n) is 2.48. The second-order valence-corrected chi connectivity index (χ2v) is 4.45. The van der Waals surface area contributed by atoms with E-state index in [0.717, 1.165) is 18.6 Å². The maximum absolute atomic E-state index is 11.8. The Morgan fingerprint density at radius 1 is 1.47 bits per heavy atom. The summed E-state index contributed by atoms with van der Waals surface area (Å²) in [5.74, 6) is 1.43. The summed E-state index contributed by atoms with van der Waals surface area (Å²) in [6.07, 6.45) is 1.67. The highest BCUT2D eigenvalue weighted by Crippen LogP contribution is 2.14. The number of ketones is 1. The molecule has 1 aromatic heterocycles. The van der Waals surface area contributed by atoms with E-state index in [4.69, 9.17) is 4.52 Å². The molecule has 0 bridgehead atoms. The number of Topliss-reactive ketones (excluding diaryl/α,β-unsaturated/α-hetero) is 1. The highest BCUT2D eigenvalue weighted by atomic mass is 16.5. The summed E-state index contributed by atoms with van der Waals surface area (Å²) in [6.45, 7) is 8.13. The van der Waals surface area contributed by atoms with Gasteiger partial charge in [-0.25, -0.2) is 0 Å². The Morgan fingerprint density at radius 2 is 2.13 bits per heavy atom. The van der Waals surface area contributed by atoms with Crippen molar-refractivity contribution in [2.75, 3.05) is 0 Å². The lowest BCUT2D eigenvalue weighted by atomic mass is 10.0. The molecule has 0 aliphatic rings. The lowest BCUT2D eigenvalue weighted by molar-refractivity contribution is 0.0918. The average molecular weight is 209 g/mol. The minimum Gasteiger partial charge on any atom is -0.361 e. The Kier molecular flexibility index (Phi) is 4.06. The number of nitrogens with zero attached hydrogens (tertiary/aromatic N) is 1. The van der Waals surface area contributed by atoms with Gasteiger partial charge in [0.25, 0.3) is 0 Å². The Labute approximate surface area is 90.8 Å². The van der Waals surface area contributed by atoms with E-state index < -0.39 is 0 Å². The first kappa shape index (κ1) is 12.0. The van der Waals surface area contributed by atoms with Gasteiger partial charge in [-0.2, -0.15) is 0 Å². The van der Waals surface area contributed by atoms with E-state index in [2.05, 4.69) is 19.0 Å². The smallest absolute Gasteiger partial charge is 0.187 e. The SMILES string of the molecule is CCC(C)C(=O)c1cc(CC(C)C)on1. The predicted octanol–water partition coefficient (Wildman–Crippen LogP) is 3.10. The topological polar surface area (TPSA) is 43.1 Å². The molecule has 0 saturated carbocycles. The van der Waals surface area contributed by atoms with Crippen molar-refractivity contribution in [1.82, 2.24) is 5.16 Å². The van der Waals surface area contributed by atoms with E-state index in [1.165, 1.54) is 0 Å². The van der Waals surface area contributed by atoms with Crippen molar-refractivity contribution in [3.05, 3.63) is 17.5 Å². The van der Waals surface area contributed by atoms with Crippen molar-refractivity contribution in [1.29, 1.82) is 0 Å². The fraction of sp³-hybridized carbons (Fsp3) is 0.667. The second kappa shape index (κ2) is 5.10. The largest absolute Gasteiger partial charge is 0.361 e. The molecule has 0 radical (unpaired) electrons. The molecule has 3 nitrogen and oxygen atoms in total. The second-order valence-electron chi connectivity index (χ2n) is 4.45. The van der Waals surface area contributed by atoms with Gasteiger partial charge in [0.05, 0.1) is 0 Å². The molecule has 1 heterocycles. The molecular weight excluding hydrogens is 190 g/mol. The van der Waals surface area contributed by atoms with E-state index in [1.54, 1.807) is 6.07 Å². The number of carbonyl (C=O) groups is 1. The summed E-state index contributed by atoms with van der Waals surface area (Å²) in [5, 5.41) is 3.81. The van der Waals surface area contributed by atoms with Gasteiger partial charge in [-0.1, -0.05) is 32.9 Å². The Morgan fingerprint density at radius 3 is 2.67 bits per heavy atom. The molecule has 84 valence electrons. The molecule has 0 amide bonds. The van der Waals surface area contributed by atoms with Crippen LogP contribution in [0.5, 0.6) is 0 Å². The molecule has 1 aromatic rings. The van der Waals surface area contributed by atoms with Gasteiger partial charge in [-0.05, 0) is 12.3 Å². The van der Waals surface area contributed by atoms with Crippen LogP contribution < -0.4 is 0 Å². The first-order valence-corrected chi connectivity index (χ1v) is 5.54. The molecule has 1 atom stereocenters. The third kappa shape index (κ3) is 3.18. The molecule has 15 heavy (non-hydrogen) atoms. The molecule has 0 saturated heterocycles. The molecule has 0 aliphatic heterocycles. The number of rotatable bonds is 5. The molecule has 1 unspecified atom stereocenters. The highest BCUT2D eigenvalue weighted by molar-refractivity contribution is 5.95. The monoisotopic (exact) mass is 209 g/mol. The molecule has 1 rings (SSSR count). The molecule has 0 aromatic carbocycles. The molecular formula is C12H19NO2. The van der Waals surface area contributed by atoms with Crippen molar-refractivity contribution in [3.8, 4) is 0 Å². The van der Waals surface area contributed by atoms with Crippen LogP contribution in [0.3, 0.4) is 0 Å². The first-order valence-electron chi connectivity index (χ1n) is 5.54. The average Bonchev–Trinajstić information content (AvgIpc) is 2.63. The van der Waals surface area contributed by atoms with Crippen molar-refractivity contribution >= 4 is 5.78 Å². The van der Waals surface area contributed by atoms with Gasteiger partial charge in [0.2, 0.25) is 0 Å². The van der Waals surface area contributed by atoms with E-state index in [1.807, 2.05) is 13.8 Å². The number of aromatic nitrogens is 1. The number of carbonyl (C=O) groups excluding carboxylic acids is 1. The van der Waals surface area contributed by atoms with Crippen molar-refractivity contribution < 1.29 is 9.32 Å². The lowest BCUT2D eigenvalue weighted by Crippen LogP contribution is -2.10. The molecule has 0 spiro atoms. The standard InChI is InChI=1S/C12H19NO2/c1-5-9(4)12(14)11-7-10(15-13-11)6-8(2)3/h7-9H,5-6H2,1-4H3. The number of hydrogen-bond donors (Lipinski definition) is 0. The van der Waals surface area contributed by atoms with Crippen molar-refractivity contribution in [2.45, 2.75) is 40.5 Å². The normalized spacial score (nSPS) is 13.1. The Bertz CT molecular complexity index is 328. The summed E-state index contributed by atoms with van der Waals surface area (Å²) in [7, 11) is 0. The maximum atomic E-state index is 11.8. The van der Waals surface area contributed by atoms with Crippen molar-refractivity contribution in [3.63, 3.8) is 0 Å².